The number of fused-ring (bicyclic) bond motifs is 3. The Labute approximate surface area is 240 Å². The number of rotatable bonds is 8. The predicted molar refractivity (Wildman–Crippen MR) is 156 cm³/mol. The normalized spacial score (nSPS) is 37.0. The Morgan fingerprint density at radius 1 is 1.07 bits per heavy atom. The van der Waals surface area contributed by atoms with Gasteiger partial charge in [0.05, 0.1) is 20.3 Å². The largest absolute Gasteiger partial charge is 0.493 e. The average Bonchev–Trinajstić information content (AvgIpc) is 3.58. The molecule has 6 atom stereocenters. The van der Waals surface area contributed by atoms with Gasteiger partial charge in [0.25, 0.3) is 0 Å². The molecule has 0 radical (unpaired) electrons. The zero-order valence-electron chi connectivity index (χ0n) is 23.6. The second-order valence-electron chi connectivity index (χ2n) is 13.5. The van der Waals surface area contributed by atoms with Crippen LogP contribution in [0.2, 0.25) is 0 Å². The van der Waals surface area contributed by atoms with Crippen molar-refractivity contribution in [2.75, 3.05) is 33.9 Å². The third-order valence-corrected chi connectivity index (χ3v) is 13.1. The molecule has 6 heteroatoms. The van der Waals surface area contributed by atoms with Crippen molar-refractivity contribution in [2.24, 2.45) is 17.3 Å². The van der Waals surface area contributed by atoms with Crippen molar-refractivity contribution in [3.8, 4) is 11.5 Å². The van der Waals surface area contributed by atoms with Crippen molar-refractivity contribution in [3.63, 3.8) is 0 Å². The van der Waals surface area contributed by atoms with Crippen molar-refractivity contribution in [1.29, 1.82) is 0 Å². The van der Waals surface area contributed by atoms with Crippen LogP contribution in [0.5, 0.6) is 11.5 Å². The Bertz CT molecular complexity index is 1470. The quantitative estimate of drug-likeness (QED) is 0.323. The van der Waals surface area contributed by atoms with Gasteiger partial charge >= 0.3 is 0 Å². The molecular formula is C34H39NO4S. The SMILES string of the molecule is COc1ccc2c3c1O[C@H]1[C@@]4(OC)CC[C@@]5(C[C@@H]4COCc4cc6ccccc6s4)[C@@H](C2)N(CC2CC2)CC[C@]315. The highest BCUT2D eigenvalue weighted by molar-refractivity contribution is 7.19. The average molecular weight is 558 g/mol. The third-order valence-electron chi connectivity index (χ3n) is 12.0. The van der Waals surface area contributed by atoms with Crippen LogP contribution in [0, 0.1) is 17.3 Å². The van der Waals surface area contributed by atoms with E-state index in [4.69, 9.17) is 18.9 Å². The van der Waals surface area contributed by atoms with Gasteiger partial charge in [-0.2, -0.15) is 0 Å². The molecule has 5 fully saturated rings. The van der Waals surface area contributed by atoms with Gasteiger partial charge in [-0.05, 0) is 86.6 Å². The maximum absolute atomic E-state index is 7.17. The summed E-state index contributed by atoms with van der Waals surface area (Å²) in [4.78, 5) is 4.21. The first-order chi connectivity index (χ1) is 19.6. The molecule has 4 saturated carbocycles. The van der Waals surface area contributed by atoms with E-state index in [1.54, 1.807) is 7.11 Å². The standard InChI is InChI=1S/C34H39NO4S/c1-36-26-10-9-23-16-28-32-11-12-34(37-2,24(17-32)19-38-20-25-15-22-5-3-4-6-27(22)40-25)31-33(32,29(23)30(26)39-31)13-14-35(28)18-21-7-8-21/h3-6,9-10,15,21,24,28,31H,7-8,11-14,16-20H2,1-2H3/t24-,28-,31-,32-,33+,34-/m1/s1. The number of piperidine rings is 1. The maximum Gasteiger partial charge on any atom is 0.165 e. The van der Waals surface area contributed by atoms with Crippen LogP contribution in [0.15, 0.2) is 42.5 Å². The summed E-state index contributed by atoms with van der Waals surface area (Å²) in [6, 6.07) is 16.0. The molecular weight excluding hydrogens is 518 g/mol. The van der Waals surface area contributed by atoms with E-state index in [1.165, 1.54) is 58.4 Å². The molecule has 4 bridgehead atoms. The number of nitrogens with zero attached hydrogens (tertiary/aromatic N) is 1. The molecule has 2 spiro atoms. The van der Waals surface area contributed by atoms with Crippen molar-refractivity contribution >= 4 is 21.4 Å². The van der Waals surface area contributed by atoms with Gasteiger partial charge in [0, 0.05) is 51.6 Å². The Kier molecular flexibility index (Phi) is 5.18. The van der Waals surface area contributed by atoms with Gasteiger partial charge in [0.2, 0.25) is 0 Å². The molecule has 5 nitrogen and oxygen atoms in total. The number of methoxy groups -OCH3 is 2. The maximum atomic E-state index is 7.17. The fraction of sp³-hybridized carbons (Fsp3) is 0.588. The van der Waals surface area contributed by atoms with Crippen molar-refractivity contribution in [1.82, 2.24) is 4.90 Å². The van der Waals surface area contributed by atoms with Gasteiger partial charge in [0.15, 0.2) is 11.5 Å². The molecule has 10 rings (SSSR count). The Hall–Kier alpha value is -2.12. The molecule has 3 heterocycles. The molecule has 0 amide bonds. The molecule has 210 valence electrons. The van der Waals surface area contributed by atoms with E-state index in [0.717, 1.165) is 49.7 Å². The molecule has 7 aliphatic rings. The summed E-state index contributed by atoms with van der Waals surface area (Å²) >= 11 is 1.85. The number of likely N-dealkylation sites (tertiary alicyclic amines) is 1. The summed E-state index contributed by atoms with van der Waals surface area (Å²) in [7, 11) is 3.72. The molecule has 3 aromatic rings. The molecule has 2 aliphatic heterocycles. The number of thiophene rings is 1. The summed E-state index contributed by atoms with van der Waals surface area (Å²) in [5, 5.41) is 1.31. The van der Waals surface area contributed by atoms with Crippen LogP contribution in [0.25, 0.3) is 10.1 Å². The fourth-order valence-electron chi connectivity index (χ4n) is 10.3. The minimum atomic E-state index is -0.343. The van der Waals surface area contributed by atoms with Crippen LogP contribution in [0.1, 0.15) is 54.5 Å². The van der Waals surface area contributed by atoms with Crippen LogP contribution in [0.3, 0.4) is 0 Å². The lowest BCUT2D eigenvalue weighted by Crippen LogP contribution is -2.81. The minimum Gasteiger partial charge on any atom is -0.493 e. The third kappa shape index (κ3) is 2.99. The first-order valence-corrected chi connectivity index (χ1v) is 16.1. The number of hydrogen-bond acceptors (Lipinski definition) is 6. The van der Waals surface area contributed by atoms with Gasteiger partial charge < -0.3 is 18.9 Å². The van der Waals surface area contributed by atoms with E-state index in [9.17, 15) is 0 Å². The predicted octanol–water partition coefficient (Wildman–Crippen LogP) is 6.35. The Balaban J connectivity index is 1.10. The lowest BCUT2D eigenvalue weighted by atomic mass is 9.35. The molecule has 5 aliphatic carbocycles. The zero-order valence-corrected chi connectivity index (χ0v) is 24.4. The van der Waals surface area contributed by atoms with Gasteiger partial charge in [-0.25, -0.2) is 0 Å². The van der Waals surface area contributed by atoms with E-state index in [2.05, 4.69) is 47.4 Å². The number of ether oxygens (including phenoxy) is 4. The van der Waals surface area contributed by atoms with Gasteiger partial charge in [-0.1, -0.05) is 24.3 Å². The second-order valence-corrected chi connectivity index (χ2v) is 14.7. The molecule has 40 heavy (non-hydrogen) atoms. The van der Waals surface area contributed by atoms with E-state index >= 15 is 0 Å². The topological polar surface area (TPSA) is 40.2 Å². The molecule has 2 aromatic carbocycles. The molecule has 0 unspecified atom stereocenters. The molecule has 0 N–H and O–H groups in total. The summed E-state index contributed by atoms with van der Waals surface area (Å²) in [5.74, 6) is 3.11. The smallest absolute Gasteiger partial charge is 0.165 e. The van der Waals surface area contributed by atoms with Crippen LogP contribution < -0.4 is 9.47 Å². The summed E-state index contributed by atoms with van der Waals surface area (Å²) in [5.41, 5.74) is 2.83. The van der Waals surface area contributed by atoms with Gasteiger partial charge in [-0.15, -0.1) is 11.3 Å². The number of hydrogen-bond donors (Lipinski definition) is 0. The monoisotopic (exact) mass is 557 g/mol. The van der Waals surface area contributed by atoms with Crippen molar-refractivity contribution < 1.29 is 18.9 Å². The van der Waals surface area contributed by atoms with Crippen LogP contribution in [-0.2, 0) is 27.9 Å². The Morgan fingerprint density at radius 2 is 1.98 bits per heavy atom. The minimum absolute atomic E-state index is 0.00537. The first-order valence-electron chi connectivity index (χ1n) is 15.3. The fourth-order valence-corrected chi connectivity index (χ4v) is 11.3. The summed E-state index contributed by atoms with van der Waals surface area (Å²) in [6.07, 6.45) is 8.55. The summed E-state index contributed by atoms with van der Waals surface area (Å²) in [6.45, 7) is 3.82. The van der Waals surface area contributed by atoms with Crippen LogP contribution in [0.4, 0.5) is 0 Å². The van der Waals surface area contributed by atoms with E-state index in [1.807, 2.05) is 18.4 Å². The highest BCUT2D eigenvalue weighted by atomic mass is 32.1. The van der Waals surface area contributed by atoms with Crippen LogP contribution in [-0.4, -0.2) is 56.6 Å². The zero-order chi connectivity index (χ0) is 26.7. The van der Waals surface area contributed by atoms with Crippen molar-refractivity contribution in [2.45, 2.75) is 74.7 Å². The van der Waals surface area contributed by atoms with E-state index in [0.29, 0.717) is 18.6 Å². The second kappa shape index (κ2) is 8.47. The van der Waals surface area contributed by atoms with Crippen LogP contribution >= 0.6 is 11.3 Å². The van der Waals surface area contributed by atoms with Crippen molar-refractivity contribution in [3.05, 3.63) is 58.5 Å². The highest BCUT2D eigenvalue weighted by Crippen LogP contribution is 2.76. The summed E-state index contributed by atoms with van der Waals surface area (Å²) < 4.78 is 27.7. The first kappa shape index (κ1) is 24.5. The number of benzene rings is 2. The molecule has 1 aromatic heterocycles. The highest BCUT2D eigenvalue weighted by Gasteiger charge is 2.80. The van der Waals surface area contributed by atoms with E-state index < -0.39 is 0 Å². The van der Waals surface area contributed by atoms with Gasteiger partial charge in [0.1, 0.15) is 11.7 Å². The Morgan fingerprint density at radius 3 is 2.80 bits per heavy atom. The van der Waals surface area contributed by atoms with Gasteiger partial charge in [-0.3, -0.25) is 4.90 Å². The molecule has 1 saturated heterocycles. The van der Waals surface area contributed by atoms with E-state index in [-0.39, 0.29) is 22.5 Å². The lowest BCUT2D eigenvalue weighted by Gasteiger charge is -2.74. The lowest BCUT2D eigenvalue weighted by molar-refractivity contribution is -0.283.